The number of amides is 7. The number of carboxylic acid groups (broad SMARTS) is 1. The van der Waals surface area contributed by atoms with E-state index in [-0.39, 0.29) is 69.0 Å². The summed E-state index contributed by atoms with van der Waals surface area (Å²) in [4.78, 5) is 115. The highest BCUT2D eigenvalue weighted by atomic mass is 16.4. The molecule has 2 aliphatic rings. The number of carbonyl (C=O) groups excluding carboxylic acids is 7. The smallest absolute Gasteiger partial charge is 0.326 e. The molecule has 1 aromatic heterocycles. The number of primary amides is 1. The Morgan fingerprint density at radius 2 is 1.19 bits per heavy atom. The van der Waals surface area contributed by atoms with Crippen molar-refractivity contribution in [1.82, 2.24) is 36.1 Å². The number of para-hydroxylation sites is 1. The number of aromatic hydroxyl groups is 2. The maximum atomic E-state index is 14.8. The number of fused-ring (bicyclic) bond motifs is 1. The van der Waals surface area contributed by atoms with Gasteiger partial charge in [0, 0.05) is 43.0 Å². The summed E-state index contributed by atoms with van der Waals surface area (Å²) in [5, 5.41) is 40.7. The van der Waals surface area contributed by atoms with E-state index in [9.17, 15) is 53.7 Å². The molecule has 2 aliphatic heterocycles. The zero-order chi connectivity index (χ0) is 49.9. The average molecular weight is 952 g/mol. The first kappa shape index (κ1) is 50.9. The first-order chi connectivity index (χ1) is 32.9. The lowest BCUT2D eigenvalue weighted by Crippen LogP contribution is -2.60. The number of nitrogens with one attached hydrogen (secondary N) is 5. The van der Waals surface area contributed by atoms with Crippen molar-refractivity contribution in [3.63, 3.8) is 0 Å². The van der Waals surface area contributed by atoms with Crippen LogP contribution in [0.15, 0.2) is 79.0 Å². The minimum Gasteiger partial charge on any atom is -0.508 e. The van der Waals surface area contributed by atoms with Crippen molar-refractivity contribution in [2.45, 2.75) is 114 Å². The van der Waals surface area contributed by atoms with Crippen molar-refractivity contribution >= 4 is 58.2 Å². The molecule has 0 spiro atoms. The summed E-state index contributed by atoms with van der Waals surface area (Å²) >= 11 is 0. The molecule has 20 heteroatoms. The second-order valence-electron chi connectivity index (χ2n) is 18.2. The standard InChI is InChI=1S/C49H61N9O11/c1-27(2)21-37(47(66)57-19-6-10-41(57)46(65)56-39(49(68)69)23-29-13-17-32(60)18-14-29)55-45(64)40-9-5-20-58(40)48(67)38(24-30-26-52-35-8-4-3-7-33(30)35)54-44(63)36(25-42(51)61)53-43(62)34(50)22-28-11-15-31(59)16-12-28/h3-4,7-8,11-18,26-27,34,36-41,52,59-60H,5-6,9-10,19-25,50H2,1-2H3,(H2,51,61)(H,53,62)(H,54,63)(H,55,64)(H,56,65)(H,68,69)/t34-,36-,37-,38-,39-,40-,41-/m0/s1. The topological polar surface area (TPSA) is 320 Å². The molecule has 3 heterocycles. The molecule has 6 rings (SSSR count). The molecule has 0 bridgehead atoms. The quantitative estimate of drug-likeness (QED) is 0.0557. The second-order valence-corrected chi connectivity index (χ2v) is 18.2. The van der Waals surface area contributed by atoms with Crippen LogP contribution in [0.25, 0.3) is 10.9 Å². The highest BCUT2D eigenvalue weighted by Crippen LogP contribution is 2.25. The molecule has 2 fully saturated rings. The second kappa shape index (κ2) is 23.0. The number of hydrogen-bond acceptors (Lipinski definition) is 11. The molecule has 0 unspecified atom stereocenters. The van der Waals surface area contributed by atoms with Gasteiger partial charge < -0.3 is 62.8 Å². The Bertz CT molecular complexity index is 2510. The molecule has 7 amide bonds. The van der Waals surface area contributed by atoms with E-state index in [0.29, 0.717) is 29.5 Å². The largest absolute Gasteiger partial charge is 0.508 e. The number of carbonyl (C=O) groups is 8. The molecular weight excluding hydrogens is 891 g/mol. The minimum atomic E-state index is -1.54. The van der Waals surface area contributed by atoms with Gasteiger partial charge in [-0.15, -0.1) is 0 Å². The van der Waals surface area contributed by atoms with Gasteiger partial charge in [-0.2, -0.15) is 0 Å². The number of rotatable bonds is 21. The van der Waals surface area contributed by atoms with Crippen molar-refractivity contribution in [3.05, 3.63) is 95.7 Å². The first-order valence-electron chi connectivity index (χ1n) is 23.1. The van der Waals surface area contributed by atoms with Crippen LogP contribution >= 0.6 is 0 Å². The van der Waals surface area contributed by atoms with Gasteiger partial charge in [0.05, 0.1) is 12.5 Å². The van der Waals surface area contributed by atoms with E-state index in [1.165, 1.54) is 34.1 Å². The Morgan fingerprint density at radius 1 is 0.667 bits per heavy atom. The summed E-state index contributed by atoms with van der Waals surface area (Å²) in [5.74, 6) is -6.42. The molecule has 7 atom stereocenters. The fourth-order valence-corrected chi connectivity index (χ4v) is 8.96. The van der Waals surface area contributed by atoms with Crippen molar-refractivity contribution in [2.75, 3.05) is 13.1 Å². The van der Waals surface area contributed by atoms with Gasteiger partial charge in [0.15, 0.2) is 0 Å². The predicted molar refractivity (Wildman–Crippen MR) is 252 cm³/mol. The number of aromatic amines is 1. The molecule has 0 radical (unpaired) electrons. The van der Waals surface area contributed by atoms with Gasteiger partial charge in [0.25, 0.3) is 0 Å². The number of benzene rings is 3. The predicted octanol–water partition coefficient (Wildman–Crippen LogP) is 0.862. The number of H-pyrrole nitrogens is 1. The molecule has 4 aromatic rings. The molecule has 3 aromatic carbocycles. The third kappa shape index (κ3) is 13.4. The Morgan fingerprint density at radius 3 is 1.74 bits per heavy atom. The lowest BCUT2D eigenvalue weighted by Gasteiger charge is -2.33. The normalized spacial score (nSPS) is 17.9. The molecule has 69 heavy (non-hydrogen) atoms. The van der Waals surface area contributed by atoms with Gasteiger partial charge in [-0.05, 0) is 91.5 Å². The zero-order valence-electron chi connectivity index (χ0n) is 38.6. The molecule has 0 aliphatic carbocycles. The number of hydrogen-bond donors (Lipinski definition) is 10. The van der Waals surface area contributed by atoms with Crippen LogP contribution in [0.5, 0.6) is 11.5 Å². The number of phenols is 2. The summed E-state index contributed by atoms with van der Waals surface area (Å²) in [5.41, 5.74) is 14.3. The number of aromatic nitrogens is 1. The third-order valence-corrected chi connectivity index (χ3v) is 12.5. The van der Waals surface area contributed by atoms with Crippen molar-refractivity contribution in [3.8, 4) is 11.5 Å². The van der Waals surface area contributed by atoms with Gasteiger partial charge in [0.2, 0.25) is 41.4 Å². The summed E-state index contributed by atoms with van der Waals surface area (Å²) in [7, 11) is 0. The lowest BCUT2D eigenvalue weighted by molar-refractivity contribution is -0.146. The average Bonchev–Trinajstić information content (AvgIpc) is 4.10. The van der Waals surface area contributed by atoms with Gasteiger partial charge in [-0.1, -0.05) is 56.3 Å². The number of nitrogens with two attached hydrogens (primary N) is 2. The summed E-state index contributed by atoms with van der Waals surface area (Å²) in [6.45, 7) is 4.03. The van der Waals surface area contributed by atoms with Crippen molar-refractivity contribution in [1.29, 1.82) is 0 Å². The van der Waals surface area contributed by atoms with E-state index in [2.05, 4.69) is 26.3 Å². The Hall–Kier alpha value is -7.48. The SMILES string of the molecule is CC(C)C[C@H](NC(=O)[C@@H]1CCCN1C(=O)[C@H](Cc1c[nH]c2ccccc12)NC(=O)[C@H](CC(N)=O)NC(=O)[C@@H](N)Cc1ccc(O)cc1)C(=O)N1CCC[C@H]1C(=O)N[C@@H](Cc1ccc(O)cc1)C(=O)O. The van der Waals surface area contributed by atoms with Crippen LogP contribution in [-0.2, 0) is 57.6 Å². The van der Waals surface area contributed by atoms with Crippen molar-refractivity contribution in [2.24, 2.45) is 17.4 Å². The van der Waals surface area contributed by atoms with Crippen LogP contribution in [0.1, 0.15) is 69.1 Å². The van der Waals surface area contributed by atoms with Crippen LogP contribution in [0, 0.1) is 5.92 Å². The minimum absolute atomic E-state index is 0.00114. The number of nitrogens with zero attached hydrogens (tertiary/aromatic N) is 2. The van der Waals surface area contributed by atoms with Crippen LogP contribution in [0.3, 0.4) is 0 Å². The van der Waals surface area contributed by atoms with Gasteiger partial charge in [0.1, 0.15) is 47.8 Å². The van der Waals surface area contributed by atoms with E-state index < -0.39 is 96.0 Å². The van der Waals surface area contributed by atoms with Gasteiger partial charge in [-0.25, -0.2) is 4.79 Å². The number of aliphatic carboxylic acids is 1. The lowest BCUT2D eigenvalue weighted by atomic mass is 10.0. The maximum Gasteiger partial charge on any atom is 0.326 e. The van der Waals surface area contributed by atoms with Crippen LogP contribution in [0.4, 0.5) is 0 Å². The summed E-state index contributed by atoms with van der Waals surface area (Å²) in [6, 6.07) is 10.7. The highest BCUT2D eigenvalue weighted by molar-refractivity contribution is 5.99. The first-order valence-corrected chi connectivity index (χ1v) is 23.1. The number of phenolic OH excluding ortho intramolecular Hbond substituents is 2. The van der Waals surface area contributed by atoms with Crippen molar-refractivity contribution < 1.29 is 53.7 Å². The van der Waals surface area contributed by atoms with E-state index in [1.54, 1.807) is 30.5 Å². The highest BCUT2D eigenvalue weighted by Gasteiger charge is 2.43. The molecule has 368 valence electrons. The molecular formula is C49H61N9O11. The Balaban J connectivity index is 1.18. The monoisotopic (exact) mass is 951 g/mol. The Kier molecular flexibility index (Phi) is 17.0. The number of likely N-dealkylation sites (tertiary alicyclic amines) is 2. The molecule has 0 saturated carbocycles. The maximum absolute atomic E-state index is 14.8. The fourth-order valence-electron chi connectivity index (χ4n) is 8.96. The third-order valence-electron chi connectivity index (χ3n) is 12.5. The van der Waals surface area contributed by atoms with Gasteiger partial charge in [-0.3, -0.25) is 33.6 Å². The fraction of sp³-hybridized carbons (Fsp3) is 0.429. The van der Waals surface area contributed by atoms with Crippen LogP contribution in [0.2, 0.25) is 0 Å². The van der Waals surface area contributed by atoms with E-state index >= 15 is 0 Å². The van der Waals surface area contributed by atoms with E-state index in [4.69, 9.17) is 11.5 Å². The summed E-state index contributed by atoms with van der Waals surface area (Å²) < 4.78 is 0. The zero-order valence-corrected chi connectivity index (χ0v) is 38.6. The molecule has 12 N–H and O–H groups in total. The van der Waals surface area contributed by atoms with E-state index in [0.717, 1.165) is 10.9 Å². The molecule has 20 nitrogen and oxygen atoms in total. The number of carboxylic acids is 1. The van der Waals surface area contributed by atoms with E-state index in [1.807, 2.05) is 38.1 Å². The Labute approximate surface area is 398 Å². The summed E-state index contributed by atoms with van der Waals surface area (Å²) in [6.07, 6.45) is 2.48. The van der Waals surface area contributed by atoms with Crippen LogP contribution < -0.4 is 32.7 Å². The van der Waals surface area contributed by atoms with Crippen LogP contribution in [-0.4, -0.2) is 133 Å². The molecule has 2 saturated heterocycles. The van der Waals surface area contributed by atoms with Gasteiger partial charge >= 0.3 is 5.97 Å².